The predicted molar refractivity (Wildman–Crippen MR) is 98.2 cm³/mol. The van der Waals surface area contributed by atoms with E-state index >= 15 is 0 Å². The molecule has 1 rings (SSSR count). The third-order valence-corrected chi connectivity index (χ3v) is 3.67. The molecule has 0 aliphatic carbocycles. The summed E-state index contributed by atoms with van der Waals surface area (Å²) in [6, 6.07) is 0. The average Bonchev–Trinajstić information content (AvgIpc) is 3.02. The summed E-state index contributed by atoms with van der Waals surface area (Å²) in [5, 5.41) is 16.1. The third-order valence-electron chi connectivity index (χ3n) is 3.67. The largest absolute Gasteiger partial charge is 0.481 e. The van der Waals surface area contributed by atoms with Gasteiger partial charge in [0.05, 0.1) is 32.0 Å². The van der Waals surface area contributed by atoms with Crippen molar-refractivity contribution in [2.45, 2.75) is 51.9 Å². The average molecular weight is 356 g/mol. The van der Waals surface area contributed by atoms with Gasteiger partial charge in [-0.2, -0.15) is 0 Å². The van der Waals surface area contributed by atoms with Gasteiger partial charge >= 0.3 is 11.9 Å². The van der Waals surface area contributed by atoms with Crippen LogP contribution in [0.15, 0.2) is 17.6 Å². The van der Waals surface area contributed by atoms with Crippen molar-refractivity contribution < 1.29 is 24.5 Å². The number of aliphatic imine (C=N–C) groups is 1. The SMILES string of the molecule is C=CC(=O)O.CCCCCCCC1=NCCN1CCOCCC(=O)O. The van der Waals surface area contributed by atoms with E-state index in [2.05, 4.69) is 23.4 Å². The molecule has 25 heavy (non-hydrogen) atoms. The molecule has 0 saturated heterocycles. The molecule has 1 aliphatic rings. The maximum absolute atomic E-state index is 10.4. The zero-order chi connectivity index (χ0) is 18.9. The minimum absolute atomic E-state index is 0.0817. The van der Waals surface area contributed by atoms with E-state index in [4.69, 9.17) is 14.9 Å². The number of unbranched alkanes of at least 4 members (excludes halogenated alkanes) is 4. The lowest BCUT2D eigenvalue weighted by Gasteiger charge is -2.20. The summed E-state index contributed by atoms with van der Waals surface area (Å²) < 4.78 is 5.33. The first-order valence-corrected chi connectivity index (χ1v) is 8.94. The smallest absolute Gasteiger partial charge is 0.327 e. The number of rotatable bonds is 13. The van der Waals surface area contributed by atoms with Gasteiger partial charge < -0.3 is 19.8 Å². The Morgan fingerprint density at radius 1 is 1.24 bits per heavy atom. The lowest BCUT2D eigenvalue weighted by molar-refractivity contribution is -0.138. The monoisotopic (exact) mass is 356 g/mol. The summed E-state index contributed by atoms with van der Waals surface area (Å²) in [4.78, 5) is 26.4. The van der Waals surface area contributed by atoms with Crippen LogP contribution in [0.1, 0.15) is 51.9 Å². The van der Waals surface area contributed by atoms with E-state index in [0.29, 0.717) is 13.2 Å². The number of aliphatic carboxylic acids is 2. The molecule has 0 aromatic carbocycles. The summed E-state index contributed by atoms with van der Waals surface area (Å²) in [7, 11) is 0. The summed E-state index contributed by atoms with van der Waals surface area (Å²) in [5.41, 5.74) is 0. The number of carboxylic acid groups (broad SMARTS) is 2. The van der Waals surface area contributed by atoms with Gasteiger partial charge in [0.15, 0.2) is 0 Å². The number of amidine groups is 1. The molecule has 2 N–H and O–H groups in total. The lowest BCUT2D eigenvalue weighted by Crippen LogP contribution is -2.31. The van der Waals surface area contributed by atoms with Crippen LogP contribution in [-0.4, -0.2) is 65.7 Å². The van der Waals surface area contributed by atoms with Crippen LogP contribution in [0.2, 0.25) is 0 Å². The molecule has 0 unspecified atom stereocenters. The molecular formula is C18H32N2O5. The van der Waals surface area contributed by atoms with Crippen LogP contribution >= 0.6 is 0 Å². The van der Waals surface area contributed by atoms with E-state index in [-0.39, 0.29) is 6.42 Å². The Morgan fingerprint density at radius 3 is 2.52 bits per heavy atom. The van der Waals surface area contributed by atoms with Gasteiger partial charge in [0.1, 0.15) is 0 Å². The van der Waals surface area contributed by atoms with Gasteiger partial charge in [-0.25, -0.2) is 4.79 Å². The topological polar surface area (TPSA) is 99.4 Å². The Labute approximate surface area is 150 Å². The molecule has 0 atom stereocenters. The highest BCUT2D eigenvalue weighted by Gasteiger charge is 2.15. The normalized spacial score (nSPS) is 13.0. The standard InChI is InChI=1S/C15H28N2O3.C3H4O2/c1-2-3-4-5-6-7-14-16-9-10-17(14)11-13-20-12-8-15(18)19;1-2-3(4)5/h2-13H2,1H3,(H,18,19);2H,1H2,(H,4,5). The number of hydrogen-bond acceptors (Lipinski definition) is 5. The molecule has 0 amide bonds. The predicted octanol–water partition coefficient (Wildman–Crippen LogP) is 2.81. The van der Waals surface area contributed by atoms with E-state index < -0.39 is 11.9 Å². The highest BCUT2D eigenvalue weighted by molar-refractivity contribution is 5.83. The molecule has 1 aliphatic heterocycles. The summed E-state index contributed by atoms with van der Waals surface area (Å²) >= 11 is 0. The van der Waals surface area contributed by atoms with Crippen LogP contribution in [-0.2, 0) is 14.3 Å². The van der Waals surface area contributed by atoms with E-state index in [9.17, 15) is 9.59 Å². The van der Waals surface area contributed by atoms with Gasteiger partial charge in [0.2, 0.25) is 0 Å². The molecule has 0 aromatic rings. The first kappa shape index (κ1) is 23.1. The minimum atomic E-state index is -0.981. The molecule has 0 spiro atoms. The van der Waals surface area contributed by atoms with Crippen molar-refractivity contribution in [2.75, 3.05) is 32.8 Å². The van der Waals surface area contributed by atoms with Crippen molar-refractivity contribution in [2.24, 2.45) is 4.99 Å². The van der Waals surface area contributed by atoms with Gasteiger partial charge in [-0.1, -0.05) is 39.2 Å². The second-order valence-electron chi connectivity index (χ2n) is 5.75. The van der Waals surface area contributed by atoms with Gasteiger partial charge in [0.25, 0.3) is 0 Å². The fraction of sp³-hybridized carbons (Fsp3) is 0.722. The van der Waals surface area contributed by atoms with Crippen LogP contribution in [0, 0.1) is 0 Å². The number of carboxylic acids is 2. The lowest BCUT2D eigenvalue weighted by atomic mass is 10.1. The zero-order valence-electron chi connectivity index (χ0n) is 15.3. The van der Waals surface area contributed by atoms with Gasteiger partial charge in [-0.3, -0.25) is 9.79 Å². The number of carbonyl (C=O) groups is 2. The van der Waals surface area contributed by atoms with E-state index in [1.807, 2.05) is 0 Å². The maximum atomic E-state index is 10.4. The fourth-order valence-corrected chi connectivity index (χ4v) is 2.33. The van der Waals surface area contributed by atoms with Crippen molar-refractivity contribution >= 4 is 17.8 Å². The number of hydrogen-bond donors (Lipinski definition) is 2. The van der Waals surface area contributed by atoms with E-state index in [1.165, 1.54) is 37.9 Å². The summed E-state index contributed by atoms with van der Waals surface area (Å²) in [6.45, 7) is 8.77. The Morgan fingerprint density at radius 2 is 1.92 bits per heavy atom. The van der Waals surface area contributed by atoms with Gasteiger partial charge in [-0.05, 0) is 6.42 Å². The van der Waals surface area contributed by atoms with Gasteiger partial charge in [0, 0.05) is 25.6 Å². The molecule has 1 heterocycles. The Kier molecular flexibility index (Phi) is 14.4. The van der Waals surface area contributed by atoms with Crippen molar-refractivity contribution in [3.63, 3.8) is 0 Å². The quantitative estimate of drug-likeness (QED) is 0.389. The maximum Gasteiger partial charge on any atom is 0.327 e. The third kappa shape index (κ3) is 14.2. The molecule has 0 fully saturated rings. The summed E-state index contributed by atoms with van der Waals surface area (Å²) in [6.07, 6.45) is 8.42. The molecule has 144 valence electrons. The highest BCUT2D eigenvalue weighted by Crippen LogP contribution is 2.11. The first-order chi connectivity index (χ1) is 12.0. The van der Waals surface area contributed by atoms with Crippen LogP contribution in [0.4, 0.5) is 0 Å². The zero-order valence-corrected chi connectivity index (χ0v) is 15.3. The fourth-order valence-electron chi connectivity index (χ4n) is 2.33. The van der Waals surface area contributed by atoms with Crippen molar-refractivity contribution in [3.8, 4) is 0 Å². The van der Waals surface area contributed by atoms with Crippen LogP contribution in [0.25, 0.3) is 0 Å². The summed E-state index contributed by atoms with van der Waals surface area (Å²) in [5.74, 6) is -0.575. The molecular weight excluding hydrogens is 324 g/mol. The highest BCUT2D eigenvalue weighted by atomic mass is 16.5. The van der Waals surface area contributed by atoms with Crippen LogP contribution < -0.4 is 0 Å². The number of ether oxygens (including phenoxy) is 1. The van der Waals surface area contributed by atoms with E-state index in [0.717, 1.165) is 32.1 Å². The molecule has 0 aromatic heterocycles. The van der Waals surface area contributed by atoms with E-state index in [1.54, 1.807) is 0 Å². The van der Waals surface area contributed by atoms with Crippen molar-refractivity contribution in [1.82, 2.24) is 4.90 Å². The van der Waals surface area contributed by atoms with Gasteiger partial charge in [-0.15, -0.1) is 0 Å². The second-order valence-corrected chi connectivity index (χ2v) is 5.75. The molecule has 7 heteroatoms. The molecule has 7 nitrogen and oxygen atoms in total. The van der Waals surface area contributed by atoms with Crippen molar-refractivity contribution in [1.29, 1.82) is 0 Å². The molecule has 0 radical (unpaired) electrons. The Bertz CT molecular complexity index is 424. The molecule has 0 saturated carbocycles. The first-order valence-electron chi connectivity index (χ1n) is 8.94. The molecule has 0 bridgehead atoms. The second kappa shape index (κ2) is 15.6. The number of nitrogens with zero attached hydrogens (tertiary/aromatic N) is 2. The van der Waals surface area contributed by atoms with Crippen molar-refractivity contribution in [3.05, 3.63) is 12.7 Å². The minimum Gasteiger partial charge on any atom is -0.481 e. The van der Waals surface area contributed by atoms with Crippen LogP contribution in [0.3, 0.4) is 0 Å². The Balaban J connectivity index is 0.00000101. The van der Waals surface area contributed by atoms with Crippen LogP contribution in [0.5, 0.6) is 0 Å². The Hall–Kier alpha value is -1.89.